The zero-order valence-electron chi connectivity index (χ0n) is 7.96. The maximum absolute atomic E-state index is 11.7. The summed E-state index contributed by atoms with van der Waals surface area (Å²) in [5.41, 5.74) is 0.386. The van der Waals surface area contributed by atoms with Crippen molar-refractivity contribution >= 4 is 29.1 Å². The Kier molecular flexibility index (Phi) is 3.12. The van der Waals surface area contributed by atoms with E-state index >= 15 is 0 Å². The van der Waals surface area contributed by atoms with Gasteiger partial charge in [-0.15, -0.1) is 0 Å². The van der Waals surface area contributed by atoms with Crippen LogP contribution in [0.2, 0.25) is 10.2 Å². The molecule has 0 aliphatic heterocycles. The van der Waals surface area contributed by atoms with Gasteiger partial charge in [-0.05, 0) is 24.8 Å². The Labute approximate surface area is 97.8 Å². The maximum atomic E-state index is 11.7. The normalized spacial score (nSPS) is 15.1. The van der Waals surface area contributed by atoms with E-state index in [9.17, 15) is 4.79 Å². The largest absolute Gasteiger partial charge is 0.352 e. The number of pyridine rings is 1. The van der Waals surface area contributed by atoms with E-state index < -0.39 is 0 Å². The predicted octanol–water partition coefficient (Wildman–Crippen LogP) is 2.53. The van der Waals surface area contributed by atoms with Crippen LogP contribution in [-0.2, 0) is 0 Å². The molecule has 0 spiro atoms. The van der Waals surface area contributed by atoms with Gasteiger partial charge in [0.05, 0.1) is 10.6 Å². The van der Waals surface area contributed by atoms with Crippen molar-refractivity contribution in [3.05, 3.63) is 28.0 Å². The molecule has 0 saturated heterocycles. The van der Waals surface area contributed by atoms with E-state index in [4.69, 9.17) is 23.2 Å². The summed E-state index contributed by atoms with van der Waals surface area (Å²) in [5, 5.41) is 3.42. The topological polar surface area (TPSA) is 42.0 Å². The first-order valence-corrected chi connectivity index (χ1v) is 5.51. The van der Waals surface area contributed by atoms with E-state index in [0.29, 0.717) is 16.5 Å². The van der Waals surface area contributed by atoms with Gasteiger partial charge in [-0.2, -0.15) is 0 Å². The molecule has 3 nitrogen and oxygen atoms in total. The van der Waals surface area contributed by atoms with E-state index in [1.165, 1.54) is 25.1 Å². The summed E-state index contributed by atoms with van der Waals surface area (Å²) in [6.07, 6.45) is 3.78. The fourth-order valence-corrected chi connectivity index (χ4v) is 1.59. The summed E-state index contributed by atoms with van der Waals surface area (Å²) in [7, 11) is 0. The number of amides is 1. The Balaban J connectivity index is 2.05. The molecule has 1 amide bonds. The molecule has 1 aliphatic carbocycles. The van der Waals surface area contributed by atoms with Crippen LogP contribution in [0.1, 0.15) is 23.2 Å². The van der Waals surface area contributed by atoms with E-state index in [1.807, 2.05) is 0 Å². The zero-order valence-corrected chi connectivity index (χ0v) is 9.48. The number of carbonyl (C=O) groups is 1. The fourth-order valence-electron chi connectivity index (χ4n) is 1.24. The quantitative estimate of drug-likeness (QED) is 0.831. The number of rotatable bonds is 3. The molecule has 5 heteroatoms. The molecule has 1 fully saturated rings. The Bertz CT molecular complexity index is 391. The van der Waals surface area contributed by atoms with Gasteiger partial charge in [0.1, 0.15) is 5.15 Å². The highest BCUT2D eigenvalue weighted by molar-refractivity contribution is 6.35. The molecule has 0 unspecified atom stereocenters. The van der Waals surface area contributed by atoms with Crippen LogP contribution in [0.3, 0.4) is 0 Å². The molecule has 1 N–H and O–H groups in total. The third-order valence-electron chi connectivity index (χ3n) is 2.31. The molecule has 0 aromatic carbocycles. The van der Waals surface area contributed by atoms with Crippen molar-refractivity contribution in [2.75, 3.05) is 6.54 Å². The van der Waals surface area contributed by atoms with Crippen LogP contribution in [0.5, 0.6) is 0 Å². The van der Waals surface area contributed by atoms with Crippen molar-refractivity contribution in [1.82, 2.24) is 10.3 Å². The number of aromatic nitrogens is 1. The first-order chi connectivity index (χ1) is 7.16. The van der Waals surface area contributed by atoms with Gasteiger partial charge >= 0.3 is 0 Å². The van der Waals surface area contributed by atoms with Gasteiger partial charge in [0.25, 0.3) is 5.91 Å². The molecule has 1 saturated carbocycles. The lowest BCUT2D eigenvalue weighted by molar-refractivity contribution is 0.0952. The molecule has 0 bridgehead atoms. The number of halogens is 2. The number of carbonyl (C=O) groups excluding carboxylic acids is 1. The molecule has 0 atom stereocenters. The van der Waals surface area contributed by atoms with Gasteiger partial charge in [-0.1, -0.05) is 23.2 Å². The first kappa shape index (κ1) is 10.7. The minimum Gasteiger partial charge on any atom is -0.352 e. The van der Waals surface area contributed by atoms with Crippen molar-refractivity contribution in [2.45, 2.75) is 12.8 Å². The summed E-state index contributed by atoms with van der Waals surface area (Å²) in [5.74, 6) is 0.459. The summed E-state index contributed by atoms with van der Waals surface area (Å²) >= 11 is 11.5. The summed E-state index contributed by atoms with van der Waals surface area (Å²) in [4.78, 5) is 15.5. The van der Waals surface area contributed by atoms with E-state index in [0.717, 1.165) is 6.54 Å². The number of hydrogen-bond donors (Lipinski definition) is 1. The summed E-state index contributed by atoms with van der Waals surface area (Å²) in [6, 6.07) is 1.48. The van der Waals surface area contributed by atoms with E-state index in [1.54, 1.807) is 0 Å². The average Bonchev–Trinajstić information content (AvgIpc) is 3.02. The molecule has 1 aliphatic rings. The third kappa shape index (κ3) is 2.83. The van der Waals surface area contributed by atoms with Crippen LogP contribution in [0, 0.1) is 5.92 Å². The predicted molar refractivity (Wildman–Crippen MR) is 59.3 cm³/mol. The van der Waals surface area contributed by atoms with E-state index in [2.05, 4.69) is 10.3 Å². The molecule has 2 rings (SSSR count). The van der Waals surface area contributed by atoms with Crippen LogP contribution >= 0.6 is 23.2 Å². The van der Waals surface area contributed by atoms with Gasteiger partial charge in [-0.3, -0.25) is 4.79 Å². The van der Waals surface area contributed by atoms with Crippen molar-refractivity contribution < 1.29 is 4.79 Å². The van der Waals surface area contributed by atoms with Crippen LogP contribution in [-0.4, -0.2) is 17.4 Å². The second-order valence-electron chi connectivity index (χ2n) is 3.64. The molecule has 0 radical (unpaired) electrons. The Morgan fingerprint density at radius 2 is 2.27 bits per heavy atom. The first-order valence-electron chi connectivity index (χ1n) is 4.76. The maximum Gasteiger partial charge on any atom is 0.252 e. The van der Waals surface area contributed by atoms with E-state index in [-0.39, 0.29) is 11.1 Å². The van der Waals surface area contributed by atoms with Crippen molar-refractivity contribution in [1.29, 1.82) is 0 Å². The Morgan fingerprint density at radius 3 is 2.93 bits per heavy atom. The SMILES string of the molecule is O=C(NCC1CC1)c1cc(Cl)ncc1Cl. The van der Waals surface area contributed by atoms with Gasteiger partial charge in [0.15, 0.2) is 0 Å². The lowest BCUT2D eigenvalue weighted by Gasteiger charge is -2.05. The van der Waals surface area contributed by atoms with Gasteiger partial charge in [0, 0.05) is 12.7 Å². The monoisotopic (exact) mass is 244 g/mol. The molecule has 1 heterocycles. The second kappa shape index (κ2) is 4.37. The smallest absolute Gasteiger partial charge is 0.252 e. The molecule has 1 aromatic heterocycles. The lowest BCUT2D eigenvalue weighted by Crippen LogP contribution is -2.25. The fraction of sp³-hybridized carbons (Fsp3) is 0.400. The molecular weight excluding hydrogens is 235 g/mol. The van der Waals surface area contributed by atoms with Crippen molar-refractivity contribution in [3.8, 4) is 0 Å². The van der Waals surface area contributed by atoms with Gasteiger partial charge in [-0.25, -0.2) is 4.98 Å². The van der Waals surface area contributed by atoms with Crippen LogP contribution in [0.25, 0.3) is 0 Å². The highest BCUT2D eigenvalue weighted by Gasteiger charge is 2.22. The highest BCUT2D eigenvalue weighted by atomic mass is 35.5. The number of hydrogen-bond acceptors (Lipinski definition) is 2. The molecule has 80 valence electrons. The van der Waals surface area contributed by atoms with Crippen LogP contribution < -0.4 is 5.32 Å². The van der Waals surface area contributed by atoms with Crippen LogP contribution in [0.4, 0.5) is 0 Å². The third-order valence-corrected chi connectivity index (χ3v) is 2.82. The highest BCUT2D eigenvalue weighted by Crippen LogP contribution is 2.27. The molecule has 1 aromatic rings. The zero-order chi connectivity index (χ0) is 10.8. The van der Waals surface area contributed by atoms with Crippen molar-refractivity contribution in [2.24, 2.45) is 5.92 Å². The minimum absolute atomic E-state index is 0.184. The lowest BCUT2D eigenvalue weighted by atomic mass is 10.2. The average molecular weight is 245 g/mol. The van der Waals surface area contributed by atoms with Crippen molar-refractivity contribution in [3.63, 3.8) is 0 Å². The molecule has 15 heavy (non-hydrogen) atoms. The van der Waals surface area contributed by atoms with Gasteiger partial charge in [0.2, 0.25) is 0 Å². The van der Waals surface area contributed by atoms with Gasteiger partial charge < -0.3 is 5.32 Å². The standard InChI is InChI=1S/C10H10Cl2N2O/c11-8-5-13-9(12)3-7(8)10(15)14-4-6-1-2-6/h3,5-6H,1-2,4H2,(H,14,15). The Morgan fingerprint density at radius 1 is 1.53 bits per heavy atom. The molecular formula is C10H10Cl2N2O. The number of nitrogens with zero attached hydrogens (tertiary/aromatic N) is 1. The summed E-state index contributed by atoms with van der Waals surface area (Å²) < 4.78 is 0. The number of nitrogens with one attached hydrogen (secondary N) is 1. The summed E-state index contributed by atoms with van der Waals surface area (Å²) in [6.45, 7) is 0.717. The Hall–Kier alpha value is -0.800. The minimum atomic E-state index is -0.184. The second-order valence-corrected chi connectivity index (χ2v) is 4.43. The van der Waals surface area contributed by atoms with Crippen LogP contribution in [0.15, 0.2) is 12.3 Å².